The van der Waals surface area contributed by atoms with Gasteiger partial charge in [-0.1, -0.05) is 0 Å². The average molecular weight is 185 g/mol. The third-order valence-corrected chi connectivity index (χ3v) is 2.72. The van der Waals surface area contributed by atoms with Crippen LogP contribution in [0.4, 0.5) is 0 Å². The molecule has 1 aliphatic heterocycles. The number of likely N-dealkylation sites (tertiary alicyclic amines) is 1. The molecule has 0 N–H and O–H groups in total. The van der Waals surface area contributed by atoms with Crippen LogP contribution in [-0.4, -0.2) is 43.4 Å². The number of methoxy groups -OCH3 is 1. The molecule has 0 amide bonds. The molecule has 1 saturated heterocycles. The summed E-state index contributed by atoms with van der Waals surface area (Å²) in [5.74, 6) is -0.440. The summed E-state index contributed by atoms with van der Waals surface area (Å²) in [6.07, 6.45) is 3.21. The second-order valence-electron chi connectivity index (χ2n) is 3.41. The largest absolute Gasteiger partial charge is 0.467 e. The third-order valence-electron chi connectivity index (χ3n) is 2.72. The van der Waals surface area contributed by atoms with Crippen molar-refractivity contribution in [2.75, 3.05) is 20.7 Å². The number of esters is 1. The van der Waals surface area contributed by atoms with E-state index in [1.165, 1.54) is 7.11 Å². The fourth-order valence-corrected chi connectivity index (χ4v) is 1.77. The number of hydrogen-bond donors (Lipinski definition) is 0. The van der Waals surface area contributed by atoms with Gasteiger partial charge < -0.3 is 9.53 Å². The quantitative estimate of drug-likeness (QED) is 0.350. The molecule has 0 radical (unpaired) electrons. The normalized spacial score (nSPS) is 29.7. The lowest BCUT2D eigenvalue weighted by Crippen LogP contribution is -2.57. The number of carbonyl (C=O) groups excluding carboxylic acids is 2. The number of rotatable bonds is 2. The average Bonchev–Trinajstić information content (AvgIpc) is 2.18. The Labute approximate surface area is 77.8 Å². The van der Waals surface area contributed by atoms with Crippen LogP contribution in [0.1, 0.15) is 19.3 Å². The molecule has 4 nitrogen and oxygen atoms in total. The van der Waals surface area contributed by atoms with E-state index < -0.39 is 11.5 Å². The minimum absolute atomic E-state index is 0.440. The molecule has 1 rings (SSSR count). The van der Waals surface area contributed by atoms with Crippen LogP contribution < -0.4 is 0 Å². The molecule has 74 valence electrons. The zero-order chi connectivity index (χ0) is 9.90. The van der Waals surface area contributed by atoms with Crippen molar-refractivity contribution in [1.82, 2.24) is 4.90 Å². The molecule has 0 bridgehead atoms. The van der Waals surface area contributed by atoms with E-state index in [-0.39, 0.29) is 0 Å². The Kier molecular flexibility index (Phi) is 3.03. The van der Waals surface area contributed by atoms with E-state index >= 15 is 0 Å². The minimum atomic E-state index is -1.02. The van der Waals surface area contributed by atoms with Crippen molar-refractivity contribution in [3.8, 4) is 0 Å². The molecule has 0 spiro atoms. The van der Waals surface area contributed by atoms with Crippen LogP contribution in [0.25, 0.3) is 0 Å². The highest BCUT2D eigenvalue weighted by Gasteiger charge is 2.44. The predicted molar refractivity (Wildman–Crippen MR) is 47.3 cm³/mol. The fourth-order valence-electron chi connectivity index (χ4n) is 1.77. The molecule has 1 heterocycles. The first-order valence-electron chi connectivity index (χ1n) is 4.43. The van der Waals surface area contributed by atoms with Gasteiger partial charge >= 0.3 is 5.97 Å². The van der Waals surface area contributed by atoms with Crippen LogP contribution in [0, 0.1) is 0 Å². The number of aldehydes is 1. The Morgan fingerprint density at radius 1 is 1.54 bits per heavy atom. The van der Waals surface area contributed by atoms with Crippen LogP contribution in [-0.2, 0) is 14.3 Å². The maximum atomic E-state index is 11.4. The van der Waals surface area contributed by atoms with Gasteiger partial charge in [-0.15, -0.1) is 0 Å². The van der Waals surface area contributed by atoms with E-state index in [2.05, 4.69) is 4.74 Å². The second-order valence-corrected chi connectivity index (χ2v) is 3.41. The van der Waals surface area contributed by atoms with Crippen molar-refractivity contribution in [3.63, 3.8) is 0 Å². The highest BCUT2D eigenvalue weighted by atomic mass is 16.5. The summed E-state index contributed by atoms with van der Waals surface area (Å²) in [5, 5.41) is 0. The summed E-state index contributed by atoms with van der Waals surface area (Å²) in [6, 6.07) is 0. The summed E-state index contributed by atoms with van der Waals surface area (Å²) in [5.41, 5.74) is -1.02. The fraction of sp³-hybridized carbons (Fsp3) is 0.778. The molecule has 0 aromatic rings. The number of likely N-dealkylation sites (N-methyl/N-ethyl adjacent to an activating group) is 1. The Morgan fingerprint density at radius 2 is 2.23 bits per heavy atom. The molecule has 1 aliphatic rings. The number of nitrogens with zero attached hydrogens (tertiary/aromatic N) is 1. The molecular weight excluding hydrogens is 170 g/mol. The molecular formula is C9H15NO3. The lowest BCUT2D eigenvalue weighted by atomic mass is 9.88. The molecule has 0 aromatic heterocycles. The first kappa shape index (κ1) is 10.2. The van der Waals surface area contributed by atoms with Crippen LogP contribution in [0.5, 0.6) is 0 Å². The monoisotopic (exact) mass is 185 g/mol. The highest BCUT2D eigenvalue weighted by molar-refractivity contribution is 5.98. The van der Waals surface area contributed by atoms with Crippen LogP contribution >= 0.6 is 0 Å². The number of carbonyl (C=O) groups is 2. The van der Waals surface area contributed by atoms with Gasteiger partial charge in [0.15, 0.2) is 11.8 Å². The van der Waals surface area contributed by atoms with E-state index in [0.29, 0.717) is 12.7 Å². The highest BCUT2D eigenvalue weighted by Crippen LogP contribution is 2.25. The molecule has 0 saturated carbocycles. The molecule has 4 heteroatoms. The van der Waals surface area contributed by atoms with Gasteiger partial charge in [-0.25, -0.2) is 4.79 Å². The number of ether oxygens (including phenoxy) is 1. The van der Waals surface area contributed by atoms with Gasteiger partial charge in [-0.3, -0.25) is 4.90 Å². The van der Waals surface area contributed by atoms with E-state index in [9.17, 15) is 9.59 Å². The van der Waals surface area contributed by atoms with Crippen molar-refractivity contribution in [3.05, 3.63) is 0 Å². The minimum Gasteiger partial charge on any atom is -0.467 e. The van der Waals surface area contributed by atoms with Crippen molar-refractivity contribution < 1.29 is 14.3 Å². The van der Waals surface area contributed by atoms with E-state index in [0.717, 1.165) is 19.4 Å². The summed E-state index contributed by atoms with van der Waals surface area (Å²) in [7, 11) is 3.10. The van der Waals surface area contributed by atoms with Crippen molar-refractivity contribution in [2.45, 2.75) is 24.8 Å². The number of hydrogen-bond acceptors (Lipinski definition) is 4. The molecule has 0 aliphatic carbocycles. The Balaban J connectivity index is 2.88. The van der Waals surface area contributed by atoms with Gasteiger partial charge in [0, 0.05) is 0 Å². The van der Waals surface area contributed by atoms with Crippen molar-refractivity contribution >= 4 is 12.3 Å². The van der Waals surface area contributed by atoms with Gasteiger partial charge in [0.1, 0.15) is 0 Å². The lowest BCUT2D eigenvalue weighted by Gasteiger charge is -2.38. The predicted octanol–water partition coefficient (Wildman–Crippen LogP) is 0.213. The molecule has 0 aromatic carbocycles. The van der Waals surface area contributed by atoms with Gasteiger partial charge in [0.25, 0.3) is 0 Å². The zero-order valence-electron chi connectivity index (χ0n) is 8.08. The van der Waals surface area contributed by atoms with Crippen molar-refractivity contribution in [1.29, 1.82) is 0 Å². The number of piperidine rings is 1. The Bertz CT molecular complexity index is 217. The molecule has 13 heavy (non-hydrogen) atoms. The summed E-state index contributed by atoms with van der Waals surface area (Å²) in [6.45, 7) is 0.772. The SMILES string of the molecule is COC(=O)C1(C=O)CCCCN1C. The summed E-state index contributed by atoms with van der Waals surface area (Å²) in [4.78, 5) is 24.2. The first-order chi connectivity index (χ1) is 6.17. The third kappa shape index (κ3) is 1.58. The van der Waals surface area contributed by atoms with Gasteiger partial charge in [0.2, 0.25) is 0 Å². The smallest absolute Gasteiger partial charge is 0.333 e. The summed E-state index contributed by atoms with van der Waals surface area (Å²) >= 11 is 0. The second kappa shape index (κ2) is 3.87. The Morgan fingerprint density at radius 3 is 2.69 bits per heavy atom. The molecule has 1 fully saturated rings. The molecule has 1 unspecified atom stereocenters. The van der Waals surface area contributed by atoms with Gasteiger partial charge in [0.05, 0.1) is 7.11 Å². The first-order valence-corrected chi connectivity index (χ1v) is 4.43. The van der Waals surface area contributed by atoms with Gasteiger partial charge in [-0.2, -0.15) is 0 Å². The van der Waals surface area contributed by atoms with Gasteiger partial charge in [-0.05, 0) is 32.9 Å². The van der Waals surface area contributed by atoms with Crippen LogP contribution in [0.3, 0.4) is 0 Å². The zero-order valence-corrected chi connectivity index (χ0v) is 8.08. The van der Waals surface area contributed by atoms with Crippen molar-refractivity contribution in [2.24, 2.45) is 0 Å². The maximum absolute atomic E-state index is 11.4. The topological polar surface area (TPSA) is 46.6 Å². The Hall–Kier alpha value is -0.900. The van der Waals surface area contributed by atoms with E-state index in [1.54, 1.807) is 11.9 Å². The van der Waals surface area contributed by atoms with Crippen LogP contribution in [0.15, 0.2) is 0 Å². The van der Waals surface area contributed by atoms with Crippen LogP contribution in [0.2, 0.25) is 0 Å². The summed E-state index contributed by atoms with van der Waals surface area (Å²) < 4.78 is 4.64. The standard InChI is InChI=1S/C9H15NO3/c1-10-6-4-3-5-9(10,7-11)8(12)13-2/h7H,3-6H2,1-2H3. The van der Waals surface area contributed by atoms with E-state index in [1.807, 2.05) is 0 Å². The van der Waals surface area contributed by atoms with E-state index in [4.69, 9.17) is 0 Å². The molecule has 1 atom stereocenters. The maximum Gasteiger partial charge on any atom is 0.333 e. The lowest BCUT2D eigenvalue weighted by molar-refractivity contribution is -0.158.